The molecule has 1 aliphatic rings. The van der Waals surface area contributed by atoms with Crippen molar-refractivity contribution in [3.63, 3.8) is 0 Å². The second-order valence-corrected chi connectivity index (χ2v) is 11.7. The SMILES string of the molecule is CCCCCCCCCN(C)C1CCCOCCCC(N(C)CCCCCCCCC)Oc2ccccc2O1. The molecule has 5 heteroatoms. The van der Waals surface area contributed by atoms with Gasteiger partial charge in [0.05, 0.1) is 0 Å². The largest absolute Gasteiger partial charge is 0.471 e. The Morgan fingerprint density at radius 2 is 0.974 bits per heavy atom. The minimum Gasteiger partial charge on any atom is -0.471 e. The number of hydrogen-bond acceptors (Lipinski definition) is 5. The van der Waals surface area contributed by atoms with E-state index in [2.05, 4.69) is 62.0 Å². The third-order valence-corrected chi connectivity index (χ3v) is 8.07. The fraction of sp³-hybridized carbons (Fsp3) is 0.824. The molecule has 1 aromatic rings. The summed E-state index contributed by atoms with van der Waals surface area (Å²) < 4.78 is 19.4. The molecule has 2 rings (SSSR count). The molecule has 2 atom stereocenters. The molecule has 0 aliphatic carbocycles. The fourth-order valence-electron chi connectivity index (χ4n) is 5.42. The Morgan fingerprint density at radius 1 is 0.590 bits per heavy atom. The number of ether oxygens (including phenoxy) is 3. The number of fused-ring (bicyclic) bond motifs is 1. The van der Waals surface area contributed by atoms with Gasteiger partial charge in [-0.3, -0.25) is 9.80 Å². The summed E-state index contributed by atoms with van der Waals surface area (Å²) in [5, 5.41) is 0. The van der Waals surface area contributed by atoms with Crippen LogP contribution in [-0.4, -0.2) is 62.7 Å². The maximum Gasteiger partial charge on any atom is 0.163 e. The first-order valence-electron chi connectivity index (χ1n) is 16.6. The summed E-state index contributed by atoms with van der Waals surface area (Å²) in [6.07, 6.45) is 22.6. The van der Waals surface area contributed by atoms with Crippen molar-refractivity contribution in [2.24, 2.45) is 0 Å². The molecule has 0 bridgehead atoms. The zero-order valence-electron chi connectivity index (χ0n) is 26.1. The summed E-state index contributed by atoms with van der Waals surface area (Å²) in [7, 11) is 4.42. The first-order valence-corrected chi connectivity index (χ1v) is 16.6. The van der Waals surface area contributed by atoms with Gasteiger partial charge in [-0.25, -0.2) is 0 Å². The molecule has 0 spiro atoms. The summed E-state index contributed by atoms with van der Waals surface area (Å²) in [4.78, 5) is 4.79. The van der Waals surface area contributed by atoms with E-state index in [4.69, 9.17) is 14.2 Å². The van der Waals surface area contributed by atoms with E-state index in [1.165, 1.54) is 89.9 Å². The topological polar surface area (TPSA) is 34.2 Å². The highest BCUT2D eigenvalue weighted by Gasteiger charge is 2.22. The normalized spacial score (nSPS) is 19.0. The quantitative estimate of drug-likeness (QED) is 0.172. The Balaban J connectivity index is 1.95. The van der Waals surface area contributed by atoms with E-state index in [-0.39, 0.29) is 12.5 Å². The summed E-state index contributed by atoms with van der Waals surface area (Å²) in [5.74, 6) is 1.73. The second-order valence-electron chi connectivity index (χ2n) is 11.7. The van der Waals surface area contributed by atoms with Crippen molar-refractivity contribution in [3.8, 4) is 11.5 Å². The second kappa shape index (κ2) is 22.4. The third-order valence-electron chi connectivity index (χ3n) is 8.07. The summed E-state index contributed by atoms with van der Waals surface area (Å²) >= 11 is 0. The molecule has 226 valence electrons. The van der Waals surface area contributed by atoms with E-state index in [1.807, 2.05) is 0 Å². The fourth-order valence-corrected chi connectivity index (χ4v) is 5.42. The van der Waals surface area contributed by atoms with Crippen molar-refractivity contribution in [1.82, 2.24) is 9.80 Å². The number of nitrogens with zero attached hydrogens (tertiary/aromatic N) is 2. The number of para-hydroxylation sites is 2. The highest BCUT2D eigenvalue weighted by Crippen LogP contribution is 2.31. The first kappa shape index (κ1) is 33.9. The van der Waals surface area contributed by atoms with Crippen LogP contribution in [0.4, 0.5) is 0 Å². The van der Waals surface area contributed by atoms with Crippen LogP contribution in [0.25, 0.3) is 0 Å². The molecule has 0 amide bonds. The van der Waals surface area contributed by atoms with Crippen molar-refractivity contribution in [2.45, 2.75) is 142 Å². The lowest BCUT2D eigenvalue weighted by atomic mass is 10.1. The highest BCUT2D eigenvalue weighted by atomic mass is 16.5. The van der Waals surface area contributed by atoms with Crippen LogP contribution in [0.5, 0.6) is 11.5 Å². The highest BCUT2D eigenvalue weighted by molar-refractivity contribution is 5.39. The smallest absolute Gasteiger partial charge is 0.163 e. The monoisotopic (exact) mass is 546 g/mol. The zero-order chi connectivity index (χ0) is 28.0. The molecule has 5 nitrogen and oxygen atoms in total. The van der Waals surface area contributed by atoms with Crippen molar-refractivity contribution in [2.75, 3.05) is 40.4 Å². The summed E-state index contributed by atoms with van der Waals surface area (Å²) in [5.41, 5.74) is 0. The van der Waals surface area contributed by atoms with E-state index in [0.717, 1.165) is 63.5 Å². The summed E-state index contributed by atoms with van der Waals surface area (Å²) in [6, 6.07) is 8.28. The van der Waals surface area contributed by atoms with E-state index < -0.39 is 0 Å². The predicted molar refractivity (Wildman–Crippen MR) is 166 cm³/mol. The molecule has 2 unspecified atom stereocenters. The standard InChI is InChI=1S/C34H62N2O3/c1-5-7-9-11-13-15-19-27-35(3)33-25-21-29-37-30-22-26-34(39-32-24-18-17-23-31(32)38-33)36(4)28-20-16-14-12-10-8-6-2/h17-18,23-24,33-34H,5-16,19-22,25-30H2,1-4H3. The average Bonchev–Trinajstić information content (AvgIpc) is 2.96. The number of rotatable bonds is 18. The molecule has 39 heavy (non-hydrogen) atoms. The van der Waals surface area contributed by atoms with E-state index in [0.29, 0.717) is 0 Å². The van der Waals surface area contributed by atoms with Crippen molar-refractivity contribution < 1.29 is 14.2 Å². The van der Waals surface area contributed by atoms with E-state index in [9.17, 15) is 0 Å². The van der Waals surface area contributed by atoms with Gasteiger partial charge in [-0.1, -0.05) is 103 Å². The Kier molecular flexibility index (Phi) is 19.5. The first-order chi connectivity index (χ1) is 19.2. The van der Waals surface area contributed by atoms with Crippen LogP contribution in [0.3, 0.4) is 0 Å². The molecular weight excluding hydrogens is 484 g/mol. The number of unbranched alkanes of at least 4 members (excludes halogenated alkanes) is 12. The van der Waals surface area contributed by atoms with Crippen molar-refractivity contribution in [1.29, 1.82) is 0 Å². The Labute approximate surface area is 242 Å². The van der Waals surface area contributed by atoms with Crippen molar-refractivity contribution >= 4 is 0 Å². The molecule has 1 aromatic carbocycles. The van der Waals surface area contributed by atoms with Gasteiger partial charge in [0.1, 0.15) is 0 Å². The van der Waals surface area contributed by atoms with E-state index >= 15 is 0 Å². The van der Waals surface area contributed by atoms with Crippen LogP contribution in [0.15, 0.2) is 24.3 Å². The Bertz CT molecular complexity index is 644. The zero-order valence-corrected chi connectivity index (χ0v) is 26.1. The van der Waals surface area contributed by atoms with Crippen LogP contribution in [0.1, 0.15) is 129 Å². The van der Waals surface area contributed by atoms with Crippen LogP contribution >= 0.6 is 0 Å². The maximum absolute atomic E-state index is 6.68. The van der Waals surface area contributed by atoms with Crippen LogP contribution in [-0.2, 0) is 4.74 Å². The molecule has 0 N–H and O–H groups in total. The maximum atomic E-state index is 6.68. The van der Waals surface area contributed by atoms with Gasteiger partial charge in [-0.15, -0.1) is 0 Å². The predicted octanol–water partition coefficient (Wildman–Crippen LogP) is 9.05. The minimum absolute atomic E-state index is 0.0306. The lowest BCUT2D eigenvalue weighted by molar-refractivity contribution is 0.0154. The average molecular weight is 547 g/mol. The summed E-state index contributed by atoms with van der Waals surface area (Å²) in [6.45, 7) is 8.28. The lowest BCUT2D eigenvalue weighted by Crippen LogP contribution is -2.38. The molecule has 1 aliphatic heterocycles. The third kappa shape index (κ3) is 15.3. The van der Waals surface area contributed by atoms with Gasteiger partial charge in [-0.05, 0) is 51.9 Å². The van der Waals surface area contributed by atoms with Gasteiger partial charge >= 0.3 is 0 Å². The number of hydrogen-bond donors (Lipinski definition) is 0. The van der Waals surface area contributed by atoms with Crippen molar-refractivity contribution in [3.05, 3.63) is 24.3 Å². The molecule has 1 heterocycles. The van der Waals surface area contributed by atoms with Gasteiger partial charge in [0, 0.05) is 39.1 Å². The van der Waals surface area contributed by atoms with Gasteiger partial charge < -0.3 is 14.2 Å². The Morgan fingerprint density at radius 3 is 1.38 bits per heavy atom. The molecule has 0 fully saturated rings. The van der Waals surface area contributed by atoms with Gasteiger partial charge in [0.25, 0.3) is 0 Å². The van der Waals surface area contributed by atoms with Gasteiger partial charge in [0.15, 0.2) is 24.0 Å². The number of benzene rings is 1. The van der Waals surface area contributed by atoms with Gasteiger partial charge in [-0.2, -0.15) is 0 Å². The van der Waals surface area contributed by atoms with Crippen LogP contribution in [0.2, 0.25) is 0 Å². The Hall–Kier alpha value is -1.30. The molecule has 0 aromatic heterocycles. The molecule has 0 radical (unpaired) electrons. The minimum atomic E-state index is 0.0306. The van der Waals surface area contributed by atoms with Gasteiger partial charge in [0.2, 0.25) is 0 Å². The molecular formula is C34H62N2O3. The van der Waals surface area contributed by atoms with E-state index in [1.54, 1.807) is 0 Å². The van der Waals surface area contributed by atoms with Crippen LogP contribution < -0.4 is 9.47 Å². The lowest BCUT2D eigenvalue weighted by Gasteiger charge is -2.31. The van der Waals surface area contributed by atoms with Crippen LogP contribution in [0, 0.1) is 0 Å². The molecule has 0 saturated heterocycles. The molecule has 0 saturated carbocycles.